The summed E-state index contributed by atoms with van der Waals surface area (Å²) in [5.41, 5.74) is 1.12. The van der Waals surface area contributed by atoms with Crippen LogP contribution in [0.4, 0.5) is 0 Å². The fraction of sp³-hybridized carbons (Fsp3) is 0.667. The highest BCUT2D eigenvalue weighted by molar-refractivity contribution is 5.79. The van der Waals surface area contributed by atoms with Crippen LogP contribution in [0.15, 0.2) is 30.3 Å². The lowest BCUT2D eigenvalue weighted by atomic mass is 9.96. The Morgan fingerprint density at radius 1 is 1.12 bits per heavy atom. The van der Waals surface area contributed by atoms with Gasteiger partial charge in [-0.3, -0.25) is 9.69 Å². The molecule has 2 saturated heterocycles. The molecule has 0 aromatic heterocycles. The van der Waals surface area contributed by atoms with E-state index in [9.17, 15) is 4.79 Å². The molecule has 0 radical (unpaired) electrons. The highest BCUT2D eigenvalue weighted by Gasteiger charge is 2.38. The molecule has 4 heteroatoms. The van der Waals surface area contributed by atoms with Gasteiger partial charge in [-0.15, -0.1) is 0 Å². The molecule has 1 aromatic rings. The lowest BCUT2D eigenvalue weighted by Crippen LogP contribution is -2.64. The molecule has 1 amide bonds. The van der Waals surface area contributed by atoms with Crippen molar-refractivity contribution in [3.8, 4) is 0 Å². The third-order valence-electron chi connectivity index (χ3n) is 5.62. The second-order valence-corrected chi connectivity index (χ2v) is 8.24. The summed E-state index contributed by atoms with van der Waals surface area (Å²) in [6, 6.07) is 11.3. The number of rotatable bonds is 6. The molecule has 0 atom stereocenters. The van der Waals surface area contributed by atoms with E-state index < -0.39 is 0 Å². The summed E-state index contributed by atoms with van der Waals surface area (Å²) in [5.74, 6) is 0.948. The Morgan fingerprint density at radius 3 is 2.36 bits per heavy atom. The van der Waals surface area contributed by atoms with Crippen LogP contribution in [0, 0.1) is 5.92 Å². The molecule has 2 fully saturated rings. The van der Waals surface area contributed by atoms with Crippen molar-refractivity contribution in [2.24, 2.45) is 5.92 Å². The first-order valence-electron chi connectivity index (χ1n) is 9.79. The first kappa shape index (κ1) is 18.4. The number of benzene rings is 1. The molecular weight excluding hydrogens is 310 g/mol. The van der Waals surface area contributed by atoms with E-state index in [2.05, 4.69) is 30.7 Å². The lowest BCUT2D eigenvalue weighted by Gasteiger charge is -2.50. The maximum Gasteiger partial charge on any atom is 0.227 e. The van der Waals surface area contributed by atoms with Crippen LogP contribution in [0.5, 0.6) is 0 Å². The largest absolute Gasteiger partial charge is 0.339 e. The quantitative estimate of drug-likeness (QED) is 0.794. The van der Waals surface area contributed by atoms with Gasteiger partial charge in [-0.25, -0.2) is 0 Å². The van der Waals surface area contributed by atoms with E-state index in [0.29, 0.717) is 24.4 Å². The number of nitrogens with zero attached hydrogens (tertiary/aromatic N) is 3. The van der Waals surface area contributed by atoms with Gasteiger partial charge in [-0.1, -0.05) is 44.2 Å². The Labute approximate surface area is 152 Å². The molecular formula is C21H33N3O. The fourth-order valence-electron chi connectivity index (χ4n) is 4.10. The van der Waals surface area contributed by atoms with Gasteiger partial charge in [0.2, 0.25) is 5.91 Å². The Hall–Kier alpha value is -1.39. The van der Waals surface area contributed by atoms with Crippen molar-refractivity contribution >= 4 is 5.91 Å². The first-order chi connectivity index (χ1) is 12.0. The summed E-state index contributed by atoms with van der Waals surface area (Å²) in [4.78, 5) is 19.7. The minimum Gasteiger partial charge on any atom is -0.339 e. The zero-order valence-electron chi connectivity index (χ0n) is 16.0. The number of amides is 1. The molecule has 0 bridgehead atoms. The molecule has 1 aromatic carbocycles. The molecule has 0 N–H and O–H groups in total. The summed E-state index contributed by atoms with van der Waals surface area (Å²) >= 11 is 0. The summed E-state index contributed by atoms with van der Waals surface area (Å²) in [6.07, 6.45) is 3.06. The second-order valence-electron chi connectivity index (χ2n) is 8.24. The van der Waals surface area contributed by atoms with Crippen LogP contribution in [-0.2, 0) is 11.2 Å². The van der Waals surface area contributed by atoms with Gasteiger partial charge in [-0.05, 0) is 44.5 Å². The molecule has 25 heavy (non-hydrogen) atoms. The van der Waals surface area contributed by atoms with Crippen LogP contribution in [-0.4, -0.2) is 72.5 Å². The zero-order valence-corrected chi connectivity index (χ0v) is 16.0. The van der Waals surface area contributed by atoms with Gasteiger partial charge >= 0.3 is 0 Å². The van der Waals surface area contributed by atoms with Gasteiger partial charge in [0.15, 0.2) is 0 Å². The van der Waals surface area contributed by atoms with E-state index in [1.54, 1.807) is 0 Å². The molecule has 3 rings (SSSR count). The summed E-state index contributed by atoms with van der Waals surface area (Å²) in [7, 11) is 2.22. The number of piperidine rings is 1. The third-order valence-corrected chi connectivity index (χ3v) is 5.62. The molecule has 138 valence electrons. The third kappa shape index (κ3) is 4.83. The number of hydrogen-bond donors (Lipinski definition) is 0. The van der Waals surface area contributed by atoms with Gasteiger partial charge in [0.1, 0.15) is 0 Å². The standard InChI is InChI=1S/C21H33N3O/c1-17(2)14-24(19-9-11-22(3)12-10-19)20-15-23(16-20)21(25)13-18-7-5-4-6-8-18/h4-8,17,19-20H,9-16H2,1-3H3. The highest BCUT2D eigenvalue weighted by Crippen LogP contribution is 2.25. The van der Waals surface area contributed by atoms with Crippen molar-refractivity contribution < 1.29 is 4.79 Å². The van der Waals surface area contributed by atoms with Crippen molar-refractivity contribution in [1.82, 2.24) is 14.7 Å². The van der Waals surface area contributed by atoms with Crippen LogP contribution >= 0.6 is 0 Å². The van der Waals surface area contributed by atoms with E-state index in [-0.39, 0.29) is 5.91 Å². The smallest absolute Gasteiger partial charge is 0.227 e. The molecule has 2 heterocycles. The van der Waals surface area contributed by atoms with E-state index in [0.717, 1.165) is 25.2 Å². The van der Waals surface area contributed by atoms with Crippen LogP contribution in [0.25, 0.3) is 0 Å². The van der Waals surface area contributed by atoms with E-state index in [1.165, 1.54) is 25.9 Å². The number of likely N-dealkylation sites (tertiary alicyclic amines) is 2. The second kappa shape index (κ2) is 8.33. The van der Waals surface area contributed by atoms with Crippen molar-refractivity contribution in [2.75, 3.05) is 39.8 Å². The number of hydrogen-bond acceptors (Lipinski definition) is 3. The van der Waals surface area contributed by atoms with E-state index in [4.69, 9.17) is 0 Å². The zero-order chi connectivity index (χ0) is 17.8. The van der Waals surface area contributed by atoms with E-state index >= 15 is 0 Å². The molecule has 2 aliphatic heterocycles. The summed E-state index contributed by atoms with van der Waals surface area (Å²) in [5, 5.41) is 0. The molecule has 0 aliphatic carbocycles. The molecule has 2 aliphatic rings. The predicted molar refractivity (Wildman–Crippen MR) is 103 cm³/mol. The molecule has 0 spiro atoms. The van der Waals surface area contributed by atoms with Crippen molar-refractivity contribution in [1.29, 1.82) is 0 Å². The van der Waals surface area contributed by atoms with Crippen molar-refractivity contribution in [3.05, 3.63) is 35.9 Å². The number of carbonyl (C=O) groups is 1. The topological polar surface area (TPSA) is 26.8 Å². The fourth-order valence-corrected chi connectivity index (χ4v) is 4.10. The monoisotopic (exact) mass is 343 g/mol. The van der Waals surface area contributed by atoms with Crippen LogP contribution in [0.3, 0.4) is 0 Å². The Morgan fingerprint density at radius 2 is 1.76 bits per heavy atom. The average molecular weight is 344 g/mol. The maximum atomic E-state index is 12.5. The van der Waals surface area contributed by atoms with Gasteiger partial charge in [0, 0.05) is 31.7 Å². The van der Waals surface area contributed by atoms with Crippen molar-refractivity contribution in [3.63, 3.8) is 0 Å². The SMILES string of the molecule is CC(C)CN(C1CCN(C)CC1)C1CN(C(=O)Cc2ccccc2)C1. The lowest BCUT2D eigenvalue weighted by molar-refractivity contribution is -0.139. The number of carbonyl (C=O) groups excluding carboxylic acids is 1. The first-order valence-corrected chi connectivity index (χ1v) is 9.79. The Bertz CT molecular complexity index is 546. The summed E-state index contributed by atoms with van der Waals surface area (Å²) < 4.78 is 0. The molecule has 0 unspecified atom stereocenters. The Kier molecular flexibility index (Phi) is 6.13. The van der Waals surface area contributed by atoms with Crippen LogP contribution < -0.4 is 0 Å². The van der Waals surface area contributed by atoms with E-state index in [1.807, 2.05) is 35.2 Å². The summed E-state index contributed by atoms with van der Waals surface area (Å²) in [6.45, 7) is 9.97. The minimum atomic E-state index is 0.273. The minimum absolute atomic E-state index is 0.273. The van der Waals surface area contributed by atoms with Gasteiger partial charge < -0.3 is 9.80 Å². The Balaban J connectivity index is 1.53. The molecule has 4 nitrogen and oxygen atoms in total. The normalized spacial score (nSPS) is 20.3. The van der Waals surface area contributed by atoms with Crippen molar-refractivity contribution in [2.45, 2.75) is 45.2 Å². The van der Waals surface area contributed by atoms with Gasteiger partial charge in [-0.2, -0.15) is 0 Å². The van der Waals surface area contributed by atoms with Crippen LogP contribution in [0.2, 0.25) is 0 Å². The molecule has 0 saturated carbocycles. The van der Waals surface area contributed by atoms with Gasteiger partial charge in [0.05, 0.1) is 6.42 Å². The maximum absolute atomic E-state index is 12.5. The average Bonchev–Trinajstić information content (AvgIpc) is 2.54. The highest BCUT2D eigenvalue weighted by atomic mass is 16.2. The van der Waals surface area contributed by atoms with Gasteiger partial charge in [0.25, 0.3) is 0 Å². The predicted octanol–water partition coefficient (Wildman–Crippen LogP) is 2.49. The van der Waals surface area contributed by atoms with Crippen LogP contribution in [0.1, 0.15) is 32.3 Å².